The molecule has 0 saturated carbocycles. The molecule has 0 N–H and O–H groups in total. The van der Waals surface area contributed by atoms with Crippen LogP contribution in [-0.2, 0) is 0 Å². The number of rotatable bonds is 6. The Kier molecular flexibility index (Phi) is 4.89. The quantitative estimate of drug-likeness (QED) is 0.172. The highest BCUT2D eigenvalue weighted by Gasteiger charge is 2.23. The summed E-state index contributed by atoms with van der Waals surface area (Å²) in [7, 11) is 0. The van der Waals surface area contributed by atoms with E-state index in [0.717, 1.165) is 33.0 Å². The molecule has 0 bridgehead atoms. The molecule has 0 fully saturated rings. The first-order chi connectivity index (χ1) is 32.2. The van der Waals surface area contributed by atoms with E-state index >= 15 is 0 Å². The Morgan fingerprint density at radius 3 is 1.95 bits per heavy atom. The van der Waals surface area contributed by atoms with Crippen molar-refractivity contribution < 1.29 is 25.3 Å². The van der Waals surface area contributed by atoms with Gasteiger partial charge >= 0.3 is 0 Å². The molecule has 0 saturated heterocycles. The van der Waals surface area contributed by atoms with Crippen molar-refractivity contribution in [2.75, 3.05) is 4.90 Å². The van der Waals surface area contributed by atoms with Gasteiger partial charge in [0.15, 0.2) is 5.58 Å². The standard InChI is InChI=1S/C51H32N2O2/c1-2-10-33(11-3-1)35-20-25-41(26-21-35)53(42-27-22-36(23-28-42)38-19-18-34-12-4-5-13-37(34)30-38)50-43-15-7-6-14-39(43)31-48-49(50)44-29-24-40(32-47(44)54-48)51-52-45-16-8-9-17-46(45)55-51/h1-32H/i6D,7D,8D,9D,14D,15D,16D,17D,24D,29D,31D,32D. The highest BCUT2D eigenvalue weighted by Crippen LogP contribution is 2.48. The predicted molar refractivity (Wildman–Crippen MR) is 227 cm³/mol. The van der Waals surface area contributed by atoms with Gasteiger partial charge in [-0.2, -0.15) is 0 Å². The largest absolute Gasteiger partial charge is 0.456 e. The van der Waals surface area contributed by atoms with E-state index in [1.807, 2.05) is 109 Å². The maximum atomic E-state index is 9.60. The van der Waals surface area contributed by atoms with E-state index in [4.69, 9.17) is 18.4 Å². The number of nitrogens with zero attached hydrogens (tertiary/aromatic N) is 2. The van der Waals surface area contributed by atoms with Crippen LogP contribution in [0.15, 0.2) is 203 Å². The van der Waals surface area contributed by atoms with E-state index in [-0.39, 0.29) is 55.1 Å². The van der Waals surface area contributed by atoms with Crippen LogP contribution in [-0.4, -0.2) is 4.98 Å². The smallest absolute Gasteiger partial charge is 0.227 e. The Bertz CT molecular complexity index is 3850. The predicted octanol–water partition coefficient (Wildman–Crippen LogP) is 14.5. The van der Waals surface area contributed by atoms with E-state index in [2.05, 4.69) is 17.1 Å². The van der Waals surface area contributed by atoms with E-state index in [9.17, 15) is 6.85 Å². The molecule has 0 aliphatic heterocycles. The summed E-state index contributed by atoms with van der Waals surface area (Å²) < 4.78 is 120. The zero-order valence-corrected chi connectivity index (χ0v) is 28.8. The first kappa shape index (κ1) is 21.3. The number of furan rings is 1. The van der Waals surface area contributed by atoms with Gasteiger partial charge in [-0.1, -0.05) is 127 Å². The summed E-state index contributed by atoms with van der Waals surface area (Å²) in [6, 6.07) is 33.0. The molecule has 0 amide bonds. The van der Waals surface area contributed by atoms with Gasteiger partial charge in [0.2, 0.25) is 5.89 Å². The second-order valence-corrected chi connectivity index (χ2v) is 13.0. The summed E-state index contributed by atoms with van der Waals surface area (Å²) in [6.45, 7) is 0. The van der Waals surface area contributed by atoms with Gasteiger partial charge in [0.05, 0.1) is 27.5 Å². The zero-order chi connectivity index (χ0) is 46.7. The van der Waals surface area contributed by atoms with Crippen molar-refractivity contribution in [3.63, 3.8) is 0 Å². The summed E-state index contributed by atoms with van der Waals surface area (Å²) in [4.78, 5) is 6.07. The minimum absolute atomic E-state index is 0.0407. The summed E-state index contributed by atoms with van der Waals surface area (Å²) in [5.74, 6) is -0.421. The number of anilines is 3. The number of para-hydroxylation sites is 2. The number of aromatic nitrogens is 1. The van der Waals surface area contributed by atoms with Gasteiger partial charge in [-0.05, 0) is 105 Å². The van der Waals surface area contributed by atoms with Gasteiger partial charge in [-0.15, -0.1) is 0 Å². The maximum absolute atomic E-state index is 9.60. The molecule has 0 unspecified atom stereocenters. The lowest BCUT2D eigenvalue weighted by Crippen LogP contribution is -2.11. The van der Waals surface area contributed by atoms with Crippen molar-refractivity contribution in [2.24, 2.45) is 0 Å². The van der Waals surface area contributed by atoms with Crippen molar-refractivity contribution in [2.45, 2.75) is 0 Å². The molecule has 0 radical (unpaired) electrons. The van der Waals surface area contributed by atoms with Gasteiger partial charge in [0.25, 0.3) is 0 Å². The molecule has 2 aromatic heterocycles. The number of hydrogen-bond donors (Lipinski definition) is 0. The molecule has 55 heavy (non-hydrogen) atoms. The number of hydrogen-bond acceptors (Lipinski definition) is 4. The molecule has 0 aliphatic carbocycles. The fourth-order valence-corrected chi connectivity index (χ4v) is 7.16. The van der Waals surface area contributed by atoms with E-state index in [1.54, 1.807) is 4.90 Å². The lowest BCUT2D eigenvalue weighted by atomic mass is 9.98. The molecule has 4 nitrogen and oxygen atoms in total. The van der Waals surface area contributed by atoms with Crippen LogP contribution in [0.25, 0.3) is 88.3 Å². The summed E-state index contributed by atoms with van der Waals surface area (Å²) in [5, 5.41) is 1.88. The molecule has 0 spiro atoms. The maximum Gasteiger partial charge on any atom is 0.227 e. The lowest BCUT2D eigenvalue weighted by Gasteiger charge is -2.28. The van der Waals surface area contributed by atoms with Crippen LogP contribution in [0.3, 0.4) is 0 Å². The van der Waals surface area contributed by atoms with Gasteiger partial charge in [-0.3, -0.25) is 0 Å². The minimum atomic E-state index is -0.575. The van der Waals surface area contributed by atoms with Crippen molar-refractivity contribution in [1.29, 1.82) is 0 Å². The first-order valence-corrected chi connectivity index (χ1v) is 17.6. The molecule has 258 valence electrons. The van der Waals surface area contributed by atoms with E-state index in [0.29, 0.717) is 11.4 Å². The monoisotopic (exact) mass is 716 g/mol. The summed E-state index contributed by atoms with van der Waals surface area (Å²) in [5.41, 5.74) is 3.52. The van der Waals surface area contributed by atoms with Crippen LogP contribution in [0.1, 0.15) is 16.4 Å². The lowest BCUT2D eigenvalue weighted by molar-refractivity contribution is 0.619. The highest BCUT2D eigenvalue weighted by molar-refractivity contribution is 6.22. The molecule has 0 aliphatic rings. The highest BCUT2D eigenvalue weighted by atomic mass is 16.3. The van der Waals surface area contributed by atoms with Gasteiger partial charge in [0.1, 0.15) is 16.7 Å². The second kappa shape index (κ2) is 12.6. The molecule has 4 heteroatoms. The molecular weight excluding hydrogens is 673 g/mol. The SMILES string of the molecule is [2H]c1c([2H])c([2H])c2oc(-c3c([2H])c([2H])c4c(oc5c([2H])c6c([2H])c([2H])c([2H])c([2H])c6c(N(c6ccc(-c7ccccc7)cc6)c6ccc(-c7ccc8ccccc8c7)cc6)c54)c3[2H])nc2c1[2H]. The molecule has 9 aromatic carbocycles. The van der Waals surface area contributed by atoms with Crippen molar-refractivity contribution in [1.82, 2.24) is 4.98 Å². The first-order valence-electron chi connectivity index (χ1n) is 23.6. The minimum Gasteiger partial charge on any atom is -0.456 e. The molecular formula is C51H32N2O2. The Morgan fingerprint density at radius 1 is 0.455 bits per heavy atom. The Morgan fingerprint density at radius 2 is 1.13 bits per heavy atom. The molecule has 2 heterocycles. The molecule has 0 atom stereocenters. The van der Waals surface area contributed by atoms with Crippen LogP contribution < -0.4 is 4.90 Å². The topological polar surface area (TPSA) is 42.4 Å². The van der Waals surface area contributed by atoms with Crippen LogP contribution in [0.4, 0.5) is 17.1 Å². The average Bonchev–Trinajstić information content (AvgIpc) is 3.98. The van der Waals surface area contributed by atoms with Crippen LogP contribution in [0.5, 0.6) is 0 Å². The third-order valence-electron chi connectivity index (χ3n) is 9.78. The van der Waals surface area contributed by atoms with E-state index in [1.165, 1.54) is 0 Å². The van der Waals surface area contributed by atoms with Gasteiger partial charge in [-0.25, -0.2) is 4.98 Å². The summed E-state index contributed by atoms with van der Waals surface area (Å²) >= 11 is 0. The van der Waals surface area contributed by atoms with Crippen LogP contribution >= 0.6 is 0 Å². The molecule has 11 rings (SSSR count). The molecule has 11 aromatic rings. The summed E-state index contributed by atoms with van der Waals surface area (Å²) in [6.07, 6.45) is 0. The Balaban J connectivity index is 1.23. The Labute approximate surface area is 334 Å². The van der Waals surface area contributed by atoms with Crippen LogP contribution in [0.2, 0.25) is 0 Å². The fraction of sp³-hybridized carbons (Fsp3) is 0. The fourth-order valence-electron chi connectivity index (χ4n) is 7.16. The average molecular weight is 717 g/mol. The second-order valence-electron chi connectivity index (χ2n) is 13.0. The number of oxazole rings is 1. The number of benzene rings is 9. The van der Waals surface area contributed by atoms with Crippen molar-refractivity contribution in [3.05, 3.63) is 194 Å². The van der Waals surface area contributed by atoms with E-state index < -0.39 is 78.4 Å². The van der Waals surface area contributed by atoms with Crippen molar-refractivity contribution in [3.8, 4) is 33.7 Å². The van der Waals surface area contributed by atoms with Gasteiger partial charge in [0, 0.05) is 27.7 Å². The van der Waals surface area contributed by atoms with Crippen LogP contribution in [0, 0.1) is 0 Å². The third kappa shape index (κ3) is 5.34. The zero-order valence-electron chi connectivity index (χ0n) is 40.8. The van der Waals surface area contributed by atoms with Crippen molar-refractivity contribution >= 4 is 71.6 Å². The third-order valence-corrected chi connectivity index (χ3v) is 9.78. The Hall–Kier alpha value is -7.43. The normalized spacial score (nSPS) is 14.7. The number of fused-ring (bicyclic) bond motifs is 6. The van der Waals surface area contributed by atoms with Gasteiger partial charge < -0.3 is 13.7 Å².